The van der Waals surface area contributed by atoms with Gasteiger partial charge in [0, 0.05) is 6.04 Å². The molecule has 0 saturated carbocycles. The molecule has 1 amide bonds. The molecule has 0 aliphatic rings. The summed E-state index contributed by atoms with van der Waals surface area (Å²) in [5.74, 6) is 0.342. The van der Waals surface area contributed by atoms with Crippen LogP contribution in [0.5, 0.6) is 5.75 Å². The molecule has 0 aliphatic carbocycles. The zero-order chi connectivity index (χ0) is 12.8. The molecule has 1 atom stereocenters. The molecule has 0 aromatic heterocycles. The van der Waals surface area contributed by atoms with E-state index in [1.807, 2.05) is 25.1 Å². The van der Waals surface area contributed by atoms with Crippen LogP contribution < -0.4 is 16.2 Å². The topological polar surface area (TPSA) is 78.3 Å². The lowest BCUT2D eigenvalue weighted by Crippen LogP contribution is -2.17. The summed E-state index contributed by atoms with van der Waals surface area (Å²) in [6.45, 7) is 2.26. The van der Waals surface area contributed by atoms with Crippen LogP contribution in [0.4, 0.5) is 0 Å². The third-order valence-corrected chi connectivity index (χ3v) is 2.78. The van der Waals surface area contributed by atoms with Gasteiger partial charge in [0.05, 0.1) is 17.5 Å². The van der Waals surface area contributed by atoms with Gasteiger partial charge in [-0.3, -0.25) is 4.79 Å². The van der Waals surface area contributed by atoms with Crippen molar-refractivity contribution in [3.8, 4) is 5.75 Å². The van der Waals surface area contributed by atoms with E-state index < -0.39 is 0 Å². The summed E-state index contributed by atoms with van der Waals surface area (Å²) in [5.41, 5.74) is 11.9. The first-order valence-electron chi connectivity index (χ1n) is 5.44. The maximum atomic E-state index is 10.6. The molecule has 1 rings (SSSR count). The number of benzene rings is 1. The highest BCUT2D eigenvalue weighted by molar-refractivity contribution is 9.10. The van der Waals surface area contributed by atoms with E-state index in [-0.39, 0.29) is 18.4 Å². The van der Waals surface area contributed by atoms with Crippen LogP contribution in [0.25, 0.3) is 0 Å². The number of hydrogen-bond acceptors (Lipinski definition) is 3. The highest BCUT2D eigenvalue weighted by Gasteiger charge is 2.05. The fourth-order valence-electron chi connectivity index (χ4n) is 1.42. The monoisotopic (exact) mass is 300 g/mol. The summed E-state index contributed by atoms with van der Waals surface area (Å²) in [6, 6.07) is 5.93. The predicted octanol–water partition coefficient (Wildman–Crippen LogP) is 1.59. The average molecular weight is 301 g/mol. The largest absolute Gasteiger partial charge is 0.492 e. The van der Waals surface area contributed by atoms with Gasteiger partial charge < -0.3 is 16.2 Å². The second-order valence-electron chi connectivity index (χ2n) is 4.01. The minimum atomic E-state index is -0.366. The van der Waals surface area contributed by atoms with Crippen molar-refractivity contribution in [2.24, 2.45) is 11.5 Å². The third kappa shape index (κ3) is 5.19. The summed E-state index contributed by atoms with van der Waals surface area (Å²) in [5, 5.41) is 0. The molecule has 1 aromatic carbocycles. The van der Waals surface area contributed by atoms with Crippen molar-refractivity contribution < 1.29 is 9.53 Å². The van der Waals surface area contributed by atoms with E-state index in [0.29, 0.717) is 12.4 Å². The minimum absolute atomic E-state index is 0.128. The molecule has 0 saturated heterocycles. The Labute approximate surface area is 109 Å². The van der Waals surface area contributed by atoms with Crippen molar-refractivity contribution in [3.05, 3.63) is 28.2 Å². The molecule has 17 heavy (non-hydrogen) atoms. The molecule has 0 bridgehead atoms. The molecule has 0 aliphatic heterocycles. The number of rotatable bonds is 6. The highest BCUT2D eigenvalue weighted by atomic mass is 79.9. The molecule has 5 heteroatoms. The molecule has 1 unspecified atom stereocenters. The molecule has 0 fully saturated rings. The van der Waals surface area contributed by atoms with Crippen molar-refractivity contribution in [1.82, 2.24) is 0 Å². The van der Waals surface area contributed by atoms with Crippen molar-refractivity contribution in [3.63, 3.8) is 0 Å². The molecular weight excluding hydrogens is 284 g/mol. The van der Waals surface area contributed by atoms with Crippen LogP contribution in [0, 0.1) is 0 Å². The Morgan fingerprint density at radius 2 is 2.24 bits per heavy atom. The number of nitrogens with two attached hydrogens (primary N) is 2. The Balaban J connectivity index is 2.59. The van der Waals surface area contributed by atoms with Gasteiger partial charge in [-0.05, 0) is 47.0 Å². The second kappa shape index (κ2) is 6.61. The first-order chi connectivity index (χ1) is 7.99. The summed E-state index contributed by atoms with van der Waals surface area (Å²) >= 11 is 3.42. The predicted molar refractivity (Wildman–Crippen MR) is 70.8 cm³/mol. The van der Waals surface area contributed by atoms with E-state index in [0.717, 1.165) is 16.5 Å². The normalized spacial score (nSPS) is 12.2. The quantitative estimate of drug-likeness (QED) is 0.837. The van der Waals surface area contributed by atoms with Crippen LogP contribution >= 0.6 is 15.9 Å². The SMILES string of the molecule is CC(N)Cc1ccc(OCCC(N)=O)c(Br)c1. The van der Waals surface area contributed by atoms with Crippen LogP contribution in [0.1, 0.15) is 18.9 Å². The van der Waals surface area contributed by atoms with Crippen LogP contribution in [0.2, 0.25) is 0 Å². The molecule has 4 nitrogen and oxygen atoms in total. The van der Waals surface area contributed by atoms with Gasteiger partial charge >= 0.3 is 0 Å². The van der Waals surface area contributed by atoms with E-state index in [1.165, 1.54) is 0 Å². The summed E-state index contributed by atoms with van der Waals surface area (Å²) in [6.07, 6.45) is 1.04. The van der Waals surface area contributed by atoms with E-state index >= 15 is 0 Å². The van der Waals surface area contributed by atoms with Gasteiger partial charge in [-0.25, -0.2) is 0 Å². The van der Waals surface area contributed by atoms with E-state index in [2.05, 4.69) is 15.9 Å². The number of ether oxygens (including phenoxy) is 1. The number of hydrogen-bond donors (Lipinski definition) is 2. The molecule has 0 radical (unpaired) electrons. The van der Waals surface area contributed by atoms with Crippen molar-refractivity contribution >= 4 is 21.8 Å². The lowest BCUT2D eigenvalue weighted by atomic mass is 10.1. The van der Waals surface area contributed by atoms with Gasteiger partial charge in [0.1, 0.15) is 5.75 Å². The van der Waals surface area contributed by atoms with Gasteiger partial charge in [-0.15, -0.1) is 0 Å². The van der Waals surface area contributed by atoms with Gasteiger partial charge in [0.15, 0.2) is 0 Å². The smallest absolute Gasteiger partial charge is 0.220 e. The van der Waals surface area contributed by atoms with E-state index in [9.17, 15) is 4.79 Å². The van der Waals surface area contributed by atoms with Gasteiger partial charge in [-0.2, -0.15) is 0 Å². The van der Waals surface area contributed by atoms with Crippen molar-refractivity contribution in [2.75, 3.05) is 6.61 Å². The Bertz CT molecular complexity index is 394. The third-order valence-electron chi connectivity index (χ3n) is 2.16. The summed E-state index contributed by atoms with van der Waals surface area (Å²) in [4.78, 5) is 10.6. The maximum absolute atomic E-state index is 10.6. The lowest BCUT2D eigenvalue weighted by molar-refractivity contribution is -0.118. The first kappa shape index (κ1) is 14.0. The molecule has 94 valence electrons. The van der Waals surface area contributed by atoms with Crippen LogP contribution in [-0.2, 0) is 11.2 Å². The molecule has 1 aromatic rings. The summed E-state index contributed by atoms with van der Waals surface area (Å²) < 4.78 is 6.29. The second-order valence-corrected chi connectivity index (χ2v) is 4.87. The van der Waals surface area contributed by atoms with Gasteiger partial charge in [0.2, 0.25) is 5.91 Å². The number of halogens is 1. The molecule has 0 spiro atoms. The number of amides is 1. The van der Waals surface area contributed by atoms with E-state index in [1.54, 1.807) is 0 Å². The number of carbonyl (C=O) groups is 1. The Kier molecular flexibility index (Phi) is 5.44. The van der Waals surface area contributed by atoms with Gasteiger partial charge in [0.25, 0.3) is 0 Å². The standard InChI is InChI=1S/C12H17BrN2O2/c1-8(14)6-9-2-3-11(10(13)7-9)17-5-4-12(15)16/h2-3,7-8H,4-6,14H2,1H3,(H2,15,16). The molecule has 4 N–H and O–H groups in total. The van der Waals surface area contributed by atoms with Crippen molar-refractivity contribution in [2.45, 2.75) is 25.8 Å². The lowest BCUT2D eigenvalue weighted by Gasteiger charge is -2.10. The first-order valence-corrected chi connectivity index (χ1v) is 6.23. The fraction of sp³-hybridized carbons (Fsp3) is 0.417. The van der Waals surface area contributed by atoms with E-state index in [4.69, 9.17) is 16.2 Å². The molecular formula is C12H17BrN2O2. The highest BCUT2D eigenvalue weighted by Crippen LogP contribution is 2.26. The number of carbonyl (C=O) groups excluding carboxylic acids is 1. The Morgan fingerprint density at radius 1 is 1.53 bits per heavy atom. The minimum Gasteiger partial charge on any atom is -0.492 e. The van der Waals surface area contributed by atoms with Gasteiger partial charge in [-0.1, -0.05) is 6.07 Å². The van der Waals surface area contributed by atoms with Crippen molar-refractivity contribution in [1.29, 1.82) is 0 Å². The molecule has 0 heterocycles. The number of primary amides is 1. The van der Waals surface area contributed by atoms with Crippen LogP contribution in [-0.4, -0.2) is 18.6 Å². The maximum Gasteiger partial charge on any atom is 0.220 e. The van der Waals surface area contributed by atoms with Crippen LogP contribution in [0.3, 0.4) is 0 Å². The average Bonchev–Trinajstić information content (AvgIpc) is 2.20. The Morgan fingerprint density at radius 3 is 2.76 bits per heavy atom. The fourth-order valence-corrected chi connectivity index (χ4v) is 1.96. The van der Waals surface area contributed by atoms with Crippen LogP contribution in [0.15, 0.2) is 22.7 Å². The summed E-state index contributed by atoms with van der Waals surface area (Å²) in [7, 11) is 0. The zero-order valence-electron chi connectivity index (χ0n) is 9.78. The Hall–Kier alpha value is -1.07. The zero-order valence-corrected chi connectivity index (χ0v) is 11.4.